The van der Waals surface area contributed by atoms with Crippen molar-refractivity contribution in [3.63, 3.8) is 0 Å². The summed E-state index contributed by atoms with van der Waals surface area (Å²) in [6.07, 6.45) is 18.4. The van der Waals surface area contributed by atoms with Gasteiger partial charge in [-0.2, -0.15) is 0 Å². The fourth-order valence-electron chi connectivity index (χ4n) is 8.56. The first-order valence-electron chi connectivity index (χ1n) is 14.1. The van der Waals surface area contributed by atoms with E-state index in [0.717, 1.165) is 69.5 Å². The number of carboxylic acid groups (broad SMARTS) is 1. The number of hydrogen-bond acceptors (Lipinski definition) is 4. The number of aromatic nitrogens is 1. The summed E-state index contributed by atoms with van der Waals surface area (Å²) in [5, 5.41) is 13.3. The minimum Gasteiger partial charge on any atom is -0.480 e. The van der Waals surface area contributed by atoms with Crippen molar-refractivity contribution in [3.8, 4) is 0 Å². The van der Waals surface area contributed by atoms with Gasteiger partial charge in [0, 0.05) is 31.9 Å². The first kappa shape index (κ1) is 24.7. The second-order valence-electron chi connectivity index (χ2n) is 12.3. The van der Waals surface area contributed by atoms with Crippen LogP contribution in [0.4, 0.5) is 0 Å². The number of aliphatic carboxylic acids is 1. The number of pyridine rings is 1. The SMILES string of the molecule is O=C(CCCC[C@]1(C(=O)O)CCCN1CCc1ccncc1)NCCC12CC3CC(CC(C3)C1)C2. The van der Waals surface area contributed by atoms with Gasteiger partial charge in [-0.3, -0.25) is 19.5 Å². The molecule has 1 aliphatic heterocycles. The molecule has 0 radical (unpaired) electrons. The topological polar surface area (TPSA) is 82.5 Å². The molecule has 1 atom stereocenters. The number of amides is 1. The average molecular weight is 482 g/mol. The monoisotopic (exact) mass is 481 g/mol. The third-order valence-corrected chi connectivity index (χ3v) is 9.83. The first-order valence-corrected chi connectivity index (χ1v) is 14.1. The van der Waals surface area contributed by atoms with Gasteiger partial charge in [0.1, 0.15) is 5.54 Å². The Hall–Kier alpha value is -1.95. The van der Waals surface area contributed by atoms with Crippen molar-refractivity contribution < 1.29 is 14.7 Å². The summed E-state index contributed by atoms with van der Waals surface area (Å²) in [7, 11) is 0. The van der Waals surface area contributed by atoms with E-state index in [1.54, 1.807) is 12.4 Å². The lowest BCUT2D eigenvalue weighted by Crippen LogP contribution is -2.51. The quantitative estimate of drug-likeness (QED) is 0.418. The number of hydrogen-bond donors (Lipinski definition) is 2. The Morgan fingerprint density at radius 3 is 2.37 bits per heavy atom. The number of carbonyl (C=O) groups excluding carboxylic acids is 1. The van der Waals surface area contributed by atoms with Gasteiger partial charge in [-0.25, -0.2) is 0 Å². The molecule has 4 bridgehead atoms. The highest BCUT2D eigenvalue weighted by Gasteiger charge is 2.50. The van der Waals surface area contributed by atoms with Gasteiger partial charge in [-0.05, 0) is 124 Å². The zero-order valence-electron chi connectivity index (χ0n) is 21.2. The van der Waals surface area contributed by atoms with Crippen LogP contribution in [0.1, 0.15) is 89.0 Å². The maximum Gasteiger partial charge on any atom is 0.324 e. The fourth-order valence-corrected chi connectivity index (χ4v) is 8.56. The summed E-state index contributed by atoms with van der Waals surface area (Å²) < 4.78 is 0. The molecular formula is C29H43N3O3. The number of likely N-dealkylation sites (tertiary alicyclic amines) is 1. The van der Waals surface area contributed by atoms with E-state index >= 15 is 0 Å². The van der Waals surface area contributed by atoms with Crippen molar-refractivity contribution in [2.24, 2.45) is 23.2 Å². The molecular weight excluding hydrogens is 438 g/mol. The van der Waals surface area contributed by atoms with Crippen LogP contribution in [0.15, 0.2) is 24.5 Å². The Morgan fingerprint density at radius 2 is 1.71 bits per heavy atom. The van der Waals surface area contributed by atoms with Crippen molar-refractivity contribution in [1.82, 2.24) is 15.2 Å². The van der Waals surface area contributed by atoms with E-state index in [2.05, 4.69) is 15.2 Å². The second kappa shape index (κ2) is 10.6. The summed E-state index contributed by atoms with van der Waals surface area (Å²) >= 11 is 0. The summed E-state index contributed by atoms with van der Waals surface area (Å²) in [5.41, 5.74) is 0.927. The molecule has 35 heavy (non-hydrogen) atoms. The van der Waals surface area contributed by atoms with E-state index in [4.69, 9.17) is 0 Å². The lowest BCUT2D eigenvalue weighted by Gasteiger charge is -2.57. The molecule has 1 saturated heterocycles. The molecule has 1 amide bonds. The van der Waals surface area contributed by atoms with Crippen LogP contribution in [-0.2, 0) is 16.0 Å². The molecule has 6 heteroatoms. The molecule has 4 aliphatic carbocycles. The van der Waals surface area contributed by atoms with E-state index in [0.29, 0.717) is 24.7 Å². The smallest absolute Gasteiger partial charge is 0.324 e. The predicted molar refractivity (Wildman–Crippen MR) is 136 cm³/mol. The molecule has 5 aliphatic rings. The Morgan fingerprint density at radius 1 is 1.03 bits per heavy atom. The molecule has 5 fully saturated rings. The molecule has 6 nitrogen and oxygen atoms in total. The summed E-state index contributed by atoms with van der Waals surface area (Å²) in [6.45, 7) is 2.40. The zero-order chi connectivity index (χ0) is 24.3. The number of rotatable bonds is 12. The van der Waals surface area contributed by atoms with Gasteiger partial charge in [0.25, 0.3) is 0 Å². The van der Waals surface area contributed by atoms with Gasteiger partial charge in [0.15, 0.2) is 0 Å². The van der Waals surface area contributed by atoms with E-state index in [9.17, 15) is 14.7 Å². The van der Waals surface area contributed by atoms with Gasteiger partial charge in [-0.1, -0.05) is 6.42 Å². The van der Waals surface area contributed by atoms with Crippen molar-refractivity contribution >= 4 is 11.9 Å². The van der Waals surface area contributed by atoms with Gasteiger partial charge < -0.3 is 10.4 Å². The molecule has 0 unspecified atom stereocenters. The molecule has 2 heterocycles. The van der Waals surface area contributed by atoms with Crippen LogP contribution in [0, 0.1) is 23.2 Å². The average Bonchev–Trinajstić information content (AvgIpc) is 3.24. The van der Waals surface area contributed by atoms with Crippen molar-refractivity contribution in [2.45, 2.75) is 95.4 Å². The Labute approximate surface area is 210 Å². The third kappa shape index (κ3) is 5.58. The normalized spacial score (nSPS) is 33.8. The lowest BCUT2D eigenvalue weighted by molar-refractivity contribution is -0.150. The first-order chi connectivity index (χ1) is 17.0. The Kier molecular flexibility index (Phi) is 7.47. The maximum absolute atomic E-state index is 12.5. The van der Waals surface area contributed by atoms with Crippen LogP contribution in [0.5, 0.6) is 0 Å². The number of carboxylic acids is 1. The second-order valence-corrected chi connectivity index (χ2v) is 12.3. The number of nitrogens with one attached hydrogen (secondary N) is 1. The fraction of sp³-hybridized carbons (Fsp3) is 0.759. The highest BCUT2D eigenvalue weighted by Crippen LogP contribution is 2.61. The standard InChI is InChI=1S/C29H43N3O3/c33-26(31-13-10-28-19-23-16-24(20-28)18-25(17-23)21-28)4-1-2-8-29(27(34)35)9-3-14-32(29)15-7-22-5-11-30-12-6-22/h5-6,11-12,23-25H,1-4,7-10,13-21H2,(H,31,33)(H,34,35)/t23?,24?,25?,28?,29-/m1/s1. The molecule has 1 aromatic heterocycles. The molecule has 6 rings (SSSR count). The summed E-state index contributed by atoms with van der Waals surface area (Å²) in [6, 6.07) is 4.00. The molecule has 0 spiro atoms. The van der Waals surface area contributed by atoms with Crippen molar-refractivity contribution in [1.29, 1.82) is 0 Å². The highest BCUT2D eigenvalue weighted by molar-refractivity contribution is 5.79. The lowest BCUT2D eigenvalue weighted by atomic mass is 9.49. The van der Waals surface area contributed by atoms with Gasteiger partial charge in [-0.15, -0.1) is 0 Å². The van der Waals surface area contributed by atoms with Crippen LogP contribution < -0.4 is 5.32 Å². The Balaban J connectivity index is 1.03. The molecule has 192 valence electrons. The molecule has 1 aromatic rings. The van der Waals surface area contributed by atoms with Crippen molar-refractivity contribution in [2.75, 3.05) is 19.6 Å². The van der Waals surface area contributed by atoms with Gasteiger partial charge in [0.05, 0.1) is 0 Å². The number of unbranched alkanes of at least 4 members (excludes halogenated alkanes) is 1. The molecule has 0 aromatic carbocycles. The highest BCUT2D eigenvalue weighted by atomic mass is 16.4. The third-order valence-electron chi connectivity index (χ3n) is 9.83. The van der Waals surface area contributed by atoms with E-state index < -0.39 is 11.5 Å². The largest absolute Gasteiger partial charge is 0.480 e. The summed E-state index contributed by atoms with van der Waals surface area (Å²) in [5.74, 6) is 2.31. The number of carbonyl (C=O) groups is 2. The Bertz CT molecular complexity index is 853. The van der Waals surface area contributed by atoms with Crippen LogP contribution in [0.3, 0.4) is 0 Å². The van der Waals surface area contributed by atoms with Gasteiger partial charge in [0.2, 0.25) is 5.91 Å². The predicted octanol–water partition coefficient (Wildman–Crippen LogP) is 4.83. The van der Waals surface area contributed by atoms with Crippen LogP contribution in [0.2, 0.25) is 0 Å². The summed E-state index contributed by atoms with van der Waals surface area (Å²) in [4.78, 5) is 31.1. The maximum atomic E-state index is 12.5. The van der Waals surface area contributed by atoms with E-state index in [-0.39, 0.29) is 5.91 Å². The van der Waals surface area contributed by atoms with Crippen LogP contribution >= 0.6 is 0 Å². The van der Waals surface area contributed by atoms with E-state index in [1.807, 2.05) is 12.1 Å². The van der Waals surface area contributed by atoms with Crippen molar-refractivity contribution in [3.05, 3.63) is 30.1 Å². The van der Waals surface area contributed by atoms with Crippen LogP contribution in [-0.4, -0.2) is 52.0 Å². The van der Waals surface area contributed by atoms with Gasteiger partial charge >= 0.3 is 5.97 Å². The van der Waals surface area contributed by atoms with E-state index in [1.165, 1.54) is 44.1 Å². The number of nitrogens with zero attached hydrogens (tertiary/aromatic N) is 2. The van der Waals surface area contributed by atoms with Crippen LogP contribution in [0.25, 0.3) is 0 Å². The minimum atomic E-state index is -0.776. The molecule has 2 N–H and O–H groups in total. The zero-order valence-corrected chi connectivity index (χ0v) is 21.2. The molecule has 4 saturated carbocycles. The minimum absolute atomic E-state index is 0.139.